The van der Waals surface area contributed by atoms with Crippen LogP contribution in [0.15, 0.2) is 52.1 Å². The molecule has 3 aromatic rings. The van der Waals surface area contributed by atoms with E-state index in [1.807, 2.05) is 24.3 Å². The first-order valence-corrected chi connectivity index (χ1v) is 9.82. The number of rotatable bonds is 5. The Kier molecular flexibility index (Phi) is 6.08. The second-order valence-corrected chi connectivity index (χ2v) is 7.76. The van der Waals surface area contributed by atoms with Crippen molar-refractivity contribution in [1.82, 2.24) is 14.9 Å². The topological polar surface area (TPSA) is 85.8 Å². The zero-order chi connectivity index (χ0) is 18.7. The van der Waals surface area contributed by atoms with Gasteiger partial charge in [-0.05, 0) is 30.3 Å². The SMILES string of the molecule is Nn1c(SCC(=O)Nc2cc(Cl)ccc2Cl)nnc1-c1ccccc1Br. The van der Waals surface area contributed by atoms with Crippen molar-refractivity contribution in [1.29, 1.82) is 0 Å². The zero-order valence-corrected chi connectivity index (χ0v) is 17.0. The van der Waals surface area contributed by atoms with Crippen LogP contribution < -0.4 is 11.2 Å². The number of aromatic nitrogens is 3. The summed E-state index contributed by atoms with van der Waals surface area (Å²) in [4.78, 5) is 12.2. The normalized spacial score (nSPS) is 10.7. The van der Waals surface area contributed by atoms with Gasteiger partial charge in [-0.25, -0.2) is 4.68 Å². The Balaban J connectivity index is 1.68. The third-order valence-corrected chi connectivity index (χ3v) is 5.51. The predicted molar refractivity (Wildman–Crippen MR) is 109 cm³/mol. The van der Waals surface area contributed by atoms with Gasteiger partial charge in [-0.3, -0.25) is 4.79 Å². The van der Waals surface area contributed by atoms with E-state index in [1.165, 1.54) is 16.4 Å². The van der Waals surface area contributed by atoms with E-state index in [-0.39, 0.29) is 11.7 Å². The first kappa shape index (κ1) is 19.0. The molecule has 1 amide bonds. The summed E-state index contributed by atoms with van der Waals surface area (Å²) in [5.74, 6) is 6.40. The van der Waals surface area contributed by atoms with Crippen LogP contribution in [0, 0.1) is 0 Å². The van der Waals surface area contributed by atoms with Crippen molar-refractivity contribution in [2.45, 2.75) is 5.16 Å². The van der Waals surface area contributed by atoms with Gasteiger partial charge in [0.25, 0.3) is 0 Å². The molecule has 1 heterocycles. The minimum absolute atomic E-state index is 0.0914. The van der Waals surface area contributed by atoms with Gasteiger partial charge in [-0.1, -0.05) is 63.0 Å². The van der Waals surface area contributed by atoms with Crippen molar-refractivity contribution in [2.24, 2.45) is 0 Å². The molecule has 0 unspecified atom stereocenters. The average Bonchev–Trinajstić information content (AvgIpc) is 2.97. The average molecular weight is 473 g/mol. The smallest absolute Gasteiger partial charge is 0.234 e. The lowest BCUT2D eigenvalue weighted by Gasteiger charge is -2.08. The summed E-state index contributed by atoms with van der Waals surface area (Å²) in [6.45, 7) is 0. The Hall–Kier alpha value is -1.74. The zero-order valence-electron chi connectivity index (χ0n) is 13.1. The molecule has 0 saturated heterocycles. The summed E-state index contributed by atoms with van der Waals surface area (Å²) in [5.41, 5.74) is 1.26. The fourth-order valence-corrected chi connectivity index (χ4v) is 3.57. The van der Waals surface area contributed by atoms with Crippen LogP contribution in [0.4, 0.5) is 5.69 Å². The molecular weight excluding hydrogens is 461 g/mol. The van der Waals surface area contributed by atoms with Crippen LogP contribution in [-0.4, -0.2) is 26.5 Å². The number of amides is 1. The molecule has 0 atom stereocenters. The standard InChI is InChI=1S/C16H12BrCl2N5OS/c17-11-4-2-1-3-10(11)15-22-23-16(24(15)20)26-8-14(25)21-13-7-9(18)5-6-12(13)19/h1-7H,8,20H2,(H,21,25). The van der Waals surface area contributed by atoms with Crippen molar-refractivity contribution in [3.8, 4) is 11.4 Å². The number of halogens is 3. The largest absolute Gasteiger partial charge is 0.335 e. The number of carbonyl (C=O) groups excluding carboxylic acids is 1. The van der Waals surface area contributed by atoms with Gasteiger partial charge in [0.2, 0.25) is 11.1 Å². The molecule has 0 fully saturated rings. The number of carbonyl (C=O) groups is 1. The number of hydrogen-bond acceptors (Lipinski definition) is 5. The lowest BCUT2D eigenvalue weighted by molar-refractivity contribution is -0.113. The monoisotopic (exact) mass is 471 g/mol. The second kappa shape index (κ2) is 8.30. The van der Waals surface area contributed by atoms with E-state index in [4.69, 9.17) is 29.0 Å². The Bertz CT molecular complexity index is 966. The molecule has 6 nitrogen and oxygen atoms in total. The Morgan fingerprint density at radius 1 is 1.23 bits per heavy atom. The molecule has 26 heavy (non-hydrogen) atoms. The van der Waals surface area contributed by atoms with Crippen molar-refractivity contribution < 1.29 is 4.79 Å². The number of benzene rings is 2. The maximum Gasteiger partial charge on any atom is 0.234 e. The molecule has 0 spiro atoms. The molecule has 3 rings (SSSR count). The van der Waals surface area contributed by atoms with Gasteiger partial charge in [0.05, 0.1) is 16.5 Å². The molecule has 1 aromatic heterocycles. The Morgan fingerprint density at radius 3 is 2.77 bits per heavy atom. The number of nitrogens with one attached hydrogen (secondary N) is 1. The van der Waals surface area contributed by atoms with Gasteiger partial charge >= 0.3 is 0 Å². The van der Waals surface area contributed by atoms with Crippen LogP contribution in [0.1, 0.15) is 0 Å². The van der Waals surface area contributed by atoms with E-state index in [0.717, 1.165) is 10.0 Å². The van der Waals surface area contributed by atoms with Crippen LogP contribution in [0.5, 0.6) is 0 Å². The van der Waals surface area contributed by atoms with E-state index in [9.17, 15) is 4.79 Å². The van der Waals surface area contributed by atoms with Crippen molar-refractivity contribution >= 4 is 62.5 Å². The van der Waals surface area contributed by atoms with Crippen molar-refractivity contribution in [3.05, 3.63) is 57.0 Å². The van der Waals surface area contributed by atoms with Gasteiger partial charge in [0, 0.05) is 15.1 Å². The molecule has 0 aliphatic carbocycles. The van der Waals surface area contributed by atoms with E-state index >= 15 is 0 Å². The van der Waals surface area contributed by atoms with Crippen LogP contribution in [0.2, 0.25) is 10.0 Å². The quantitative estimate of drug-likeness (QED) is 0.423. The third kappa shape index (κ3) is 4.32. The number of hydrogen-bond donors (Lipinski definition) is 2. The number of nitrogens with two attached hydrogens (primary N) is 1. The highest BCUT2D eigenvalue weighted by atomic mass is 79.9. The number of nitrogens with zero attached hydrogens (tertiary/aromatic N) is 3. The highest BCUT2D eigenvalue weighted by molar-refractivity contribution is 9.10. The molecule has 0 saturated carbocycles. The minimum atomic E-state index is -0.260. The van der Waals surface area contributed by atoms with Crippen LogP contribution >= 0.6 is 50.9 Å². The molecule has 10 heteroatoms. The minimum Gasteiger partial charge on any atom is -0.335 e. The van der Waals surface area contributed by atoms with Crippen molar-refractivity contribution in [3.63, 3.8) is 0 Å². The van der Waals surface area contributed by atoms with Crippen LogP contribution in [0.3, 0.4) is 0 Å². The molecule has 0 bridgehead atoms. The first-order chi connectivity index (χ1) is 12.5. The third-order valence-electron chi connectivity index (χ3n) is 3.31. The Morgan fingerprint density at radius 2 is 2.00 bits per heavy atom. The summed E-state index contributed by atoms with van der Waals surface area (Å²) >= 11 is 16.6. The number of anilines is 1. The van der Waals surface area contributed by atoms with Gasteiger partial charge < -0.3 is 11.2 Å². The summed E-state index contributed by atoms with van der Waals surface area (Å²) < 4.78 is 2.20. The lowest BCUT2D eigenvalue weighted by atomic mass is 10.2. The van der Waals surface area contributed by atoms with Gasteiger partial charge in [-0.2, -0.15) is 0 Å². The fourth-order valence-electron chi connectivity index (χ4n) is 2.11. The molecule has 3 N–H and O–H groups in total. The number of thioether (sulfide) groups is 1. The Labute approximate surface area is 172 Å². The lowest BCUT2D eigenvalue weighted by Crippen LogP contribution is -2.16. The maximum atomic E-state index is 12.2. The molecule has 134 valence electrons. The highest BCUT2D eigenvalue weighted by Crippen LogP contribution is 2.28. The van der Waals surface area contributed by atoms with Gasteiger partial charge in [0.1, 0.15) is 0 Å². The second-order valence-electron chi connectivity index (χ2n) is 5.12. The summed E-state index contributed by atoms with van der Waals surface area (Å²) in [7, 11) is 0. The summed E-state index contributed by atoms with van der Waals surface area (Å²) in [6.07, 6.45) is 0. The highest BCUT2D eigenvalue weighted by Gasteiger charge is 2.16. The summed E-state index contributed by atoms with van der Waals surface area (Å²) in [5, 5.41) is 12.2. The summed E-state index contributed by atoms with van der Waals surface area (Å²) in [6, 6.07) is 12.4. The van der Waals surface area contributed by atoms with Crippen LogP contribution in [-0.2, 0) is 4.79 Å². The van der Waals surface area contributed by atoms with E-state index in [0.29, 0.717) is 26.7 Å². The van der Waals surface area contributed by atoms with Gasteiger partial charge in [-0.15, -0.1) is 10.2 Å². The first-order valence-electron chi connectivity index (χ1n) is 7.29. The van der Waals surface area contributed by atoms with Crippen molar-refractivity contribution in [2.75, 3.05) is 16.9 Å². The number of nitrogen functional groups attached to an aromatic ring is 1. The molecule has 0 aliphatic rings. The predicted octanol–water partition coefficient (Wildman–Crippen LogP) is 4.46. The van der Waals surface area contributed by atoms with E-state index in [2.05, 4.69) is 31.4 Å². The molecule has 2 aromatic carbocycles. The van der Waals surface area contributed by atoms with Gasteiger partial charge in [0.15, 0.2) is 5.82 Å². The van der Waals surface area contributed by atoms with E-state index < -0.39 is 0 Å². The molecule has 0 radical (unpaired) electrons. The fraction of sp³-hybridized carbons (Fsp3) is 0.0625. The van der Waals surface area contributed by atoms with E-state index in [1.54, 1.807) is 18.2 Å². The van der Waals surface area contributed by atoms with Crippen LogP contribution in [0.25, 0.3) is 11.4 Å². The molecule has 0 aliphatic heterocycles. The maximum absolute atomic E-state index is 12.2. The molecular formula is C16H12BrCl2N5OS.